The molecule has 0 aliphatic rings. The zero-order valence-corrected chi connectivity index (χ0v) is 9.03. The van der Waals surface area contributed by atoms with Gasteiger partial charge in [-0.05, 0) is 19.4 Å². The molecule has 0 aliphatic heterocycles. The number of anilines is 1. The number of carbonyl (C=O) groups is 1. The topological polar surface area (TPSA) is 80.9 Å². The Hall–Kier alpha value is -1.49. The van der Waals surface area contributed by atoms with E-state index in [0.29, 0.717) is 18.9 Å². The van der Waals surface area contributed by atoms with Crippen LogP contribution in [0.1, 0.15) is 20.3 Å². The van der Waals surface area contributed by atoms with Crippen molar-refractivity contribution >= 4 is 11.9 Å². The molecule has 1 amide bonds. The highest BCUT2D eigenvalue weighted by atomic mass is 16.2. The summed E-state index contributed by atoms with van der Waals surface area (Å²) in [6.07, 6.45) is 3.84. The first-order valence-corrected chi connectivity index (χ1v) is 4.91. The molecule has 0 radical (unpaired) electrons. The molecule has 0 aromatic carbocycles. The lowest BCUT2D eigenvalue weighted by Crippen LogP contribution is -2.39. The van der Waals surface area contributed by atoms with Gasteiger partial charge in [-0.3, -0.25) is 10.1 Å². The van der Waals surface area contributed by atoms with Gasteiger partial charge in [0, 0.05) is 18.9 Å². The zero-order chi connectivity index (χ0) is 11.3. The number of nitrogens with one attached hydrogen (secondary N) is 1. The lowest BCUT2D eigenvalue weighted by molar-refractivity contribution is -0.124. The third-order valence-corrected chi connectivity index (χ3v) is 2.57. The van der Waals surface area contributed by atoms with E-state index < -0.39 is 5.41 Å². The molecule has 1 heterocycles. The Bertz CT molecular complexity index is 321. The second kappa shape index (κ2) is 4.84. The van der Waals surface area contributed by atoms with Gasteiger partial charge < -0.3 is 5.73 Å². The Morgan fingerprint density at radius 1 is 1.53 bits per heavy atom. The molecule has 1 rings (SSSR count). The van der Waals surface area contributed by atoms with Crippen LogP contribution in [0.3, 0.4) is 0 Å². The van der Waals surface area contributed by atoms with Crippen LogP contribution in [0, 0.1) is 5.41 Å². The maximum Gasteiger partial charge on any atom is 0.233 e. The SMILES string of the molecule is CCC(C)(CN)C(=O)Nc1ncccn1. The molecular weight excluding hydrogens is 192 g/mol. The second-order valence-corrected chi connectivity index (χ2v) is 3.64. The first-order valence-electron chi connectivity index (χ1n) is 4.91. The predicted molar refractivity (Wildman–Crippen MR) is 58.1 cm³/mol. The minimum atomic E-state index is -0.556. The molecule has 1 unspecified atom stereocenters. The number of aromatic nitrogens is 2. The number of hydrogen-bond acceptors (Lipinski definition) is 4. The Labute approximate surface area is 89.1 Å². The third kappa shape index (κ3) is 2.73. The number of rotatable bonds is 4. The number of hydrogen-bond donors (Lipinski definition) is 2. The number of nitrogens with zero attached hydrogens (tertiary/aromatic N) is 2. The van der Waals surface area contributed by atoms with Crippen molar-refractivity contribution in [3.63, 3.8) is 0 Å². The number of carbonyl (C=O) groups excluding carboxylic acids is 1. The normalized spacial score (nSPS) is 14.3. The fourth-order valence-corrected chi connectivity index (χ4v) is 1.01. The van der Waals surface area contributed by atoms with Gasteiger partial charge >= 0.3 is 0 Å². The molecule has 1 atom stereocenters. The maximum absolute atomic E-state index is 11.8. The fraction of sp³-hybridized carbons (Fsp3) is 0.500. The molecule has 5 nitrogen and oxygen atoms in total. The van der Waals surface area contributed by atoms with E-state index in [9.17, 15) is 4.79 Å². The van der Waals surface area contributed by atoms with Crippen LogP contribution in [-0.4, -0.2) is 22.4 Å². The van der Waals surface area contributed by atoms with Crippen molar-refractivity contribution < 1.29 is 4.79 Å². The molecular formula is C10H16N4O. The van der Waals surface area contributed by atoms with Crippen LogP contribution in [0.15, 0.2) is 18.5 Å². The highest BCUT2D eigenvalue weighted by Crippen LogP contribution is 2.20. The lowest BCUT2D eigenvalue weighted by Gasteiger charge is -2.24. The summed E-state index contributed by atoms with van der Waals surface area (Å²) in [5, 5.41) is 2.64. The van der Waals surface area contributed by atoms with Gasteiger partial charge in [0.25, 0.3) is 0 Å². The first kappa shape index (κ1) is 11.6. The summed E-state index contributed by atoms with van der Waals surface area (Å²) in [4.78, 5) is 19.7. The van der Waals surface area contributed by atoms with Gasteiger partial charge in [-0.2, -0.15) is 0 Å². The average molecular weight is 208 g/mol. The summed E-state index contributed by atoms with van der Waals surface area (Å²) in [5.74, 6) is 0.175. The van der Waals surface area contributed by atoms with E-state index in [1.165, 1.54) is 0 Å². The Kier molecular flexibility index (Phi) is 3.74. The van der Waals surface area contributed by atoms with Gasteiger partial charge in [0.15, 0.2) is 0 Å². The van der Waals surface area contributed by atoms with Gasteiger partial charge in [0.05, 0.1) is 5.41 Å². The molecule has 5 heteroatoms. The van der Waals surface area contributed by atoms with Gasteiger partial charge in [-0.25, -0.2) is 9.97 Å². The molecule has 0 saturated carbocycles. The number of nitrogens with two attached hydrogens (primary N) is 1. The maximum atomic E-state index is 11.8. The lowest BCUT2D eigenvalue weighted by atomic mass is 9.87. The van der Waals surface area contributed by atoms with Gasteiger partial charge in [-0.15, -0.1) is 0 Å². The number of amides is 1. The third-order valence-electron chi connectivity index (χ3n) is 2.57. The smallest absolute Gasteiger partial charge is 0.233 e. The summed E-state index contributed by atoms with van der Waals surface area (Å²) >= 11 is 0. The van der Waals surface area contributed by atoms with Crippen molar-refractivity contribution in [2.45, 2.75) is 20.3 Å². The summed E-state index contributed by atoms with van der Waals surface area (Å²) in [5.41, 5.74) is 5.01. The van der Waals surface area contributed by atoms with E-state index in [1.807, 2.05) is 13.8 Å². The van der Waals surface area contributed by atoms with Crippen LogP contribution >= 0.6 is 0 Å². The van der Waals surface area contributed by atoms with Crippen molar-refractivity contribution in [2.24, 2.45) is 11.1 Å². The summed E-state index contributed by atoms with van der Waals surface area (Å²) < 4.78 is 0. The van der Waals surface area contributed by atoms with Gasteiger partial charge in [0.1, 0.15) is 0 Å². The van der Waals surface area contributed by atoms with Crippen molar-refractivity contribution in [3.05, 3.63) is 18.5 Å². The quantitative estimate of drug-likeness (QED) is 0.766. The van der Waals surface area contributed by atoms with Crippen LogP contribution in [0.2, 0.25) is 0 Å². The highest BCUT2D eigenvalue weighted by molar-refractivity contribution is 5.93. The minimum Gasteiger partial charge on any atom is -0.329 e. The van der Waals surface area contributed by atoms with E-state index in [2.05, 4.69) is 15.3 Å². The molecule has 1 aromatic heterocycles. The Morgan fingerprint density at radius 3 is 2.60 bits per heavy atom. The van der Waals surface area contributed by atoms with Crippen LogP contribution < -0.4 is 11.1 Å². The van der Waals surface area contributed by atoms with E-state index in [0.717, 1.165) is 0 Å². The van der Waals surface area contributed by atoms with Crippen LogP contribution in [-0.2, 0) is 4.79 Å². The van der Waals surface area contributed by atoms with Crippen LogP contribution in [0.25, 0.3) is 0 Å². The standard InChI is InChI=1S/C10H16N4O/c1-3-10(2,7-11)8(15)14-9-12-5-4-6-13-9/h4-6H,3,7,11H2,1-2H3,(H,12,13,14,15). The van der Waals surface area contributed by atoms with Crippen molar-refractivity contribution in [3.8, 4) is 0 Å². The largest absolute Gasteiger partial charge is 0.329 e. The highest BCUT2D eigenvalue weighted by Gasteiger charge is 2.29. The van der Waals surface area contributed by atoms with Crippen molar-refractivity contribution in [1.29, 1.82) is 0 Å². The zero-order valence-electron chi connectivity index (χ0n) is 9.03. The Morgan fingerprint density at radius 2 is 2.13 bits per heavy atom. The van der Waals surface area contributed by atoms with Crippen LogP contribution in [0.4, 0.5) is 5.95 Å². The molecule has 15 heavy (non-hydrogen) atoms. The summed E-state index contributed by atoms with van der Waals surface area (Å²) in [6.45, 7) is 4.06. The Balaban J connectivity index is 2.71. The summed E-state index contributed by atoms with van der Waals surface area (Å²) in [6, 6.07) is 1.69. The summed E-state index contributed by atoms with van der Waals surface area (Å²) in [7, 11) is 0. The monoisotopic (exact) mass is 208 g/mol. The van der Waals surface area contributed by atoms with Crippen LogP contribution in [0.5, 0.6) is 0 Å². The second-order valence-electron chi connectivity index (χ2n) is 3.64. The molecule has 0 bridgehead atoms. The van der Waals surface area contributed by atoms with Crippen molar-refractivity contribution in [2.75, 3.05) is 11.9 Å². The van der Waals surface area contributed by atoms with E-state index in [1.54, 1.807) is 18.5 Å². The fourth-order valence-electron chi connectivity index (χ4n) is 1.01. The molecule has 3 N–H and O–H groups in total. The van der Waals surface area contributed by atoms with Crippen molar-refractivity contribution in [1.82, 2.24) is 9.97 Å². The molecule has 1 aromatic rings. The molecule has 82 valence electrons. The molecule has 0 aliphatic carbocycles. The minimum absolute atomic E-state index is 0.140. The van der Waals surface area contributed by atoms with E-state index in [-0.39, 0.29) is 5.91 Å². The molecule has 0 saturated heterocycles. The van der Waals surface area contributed by atoms with E-state index >= 15 is 0 Å². The van der Waals surface area contributed by atoms with E-state index in [4.69, 9.17) is 5.73 Å². The van der Waals surface area contributed by atoms with Gasteiger partial charge in [0.2, 0.25) is 11.9 Å². The predicted octanol–water partition coefficient (Wildman–Crippen LogP) is 0.790. The molecule has 0 spiro atoms. The molecule has 0 fully saturated rings. The first-order chi connectivity index (χ1) is 7.12. The average Bonchev–Trinajstić information content (AvgIpc) is 2.29. The van der Waals surface area contributed by atoms with Gasteiger partial charge in [-0.1, -0.05) is 6.92 Å².